The molecule has 6 nitrogen and oxygen atoms in total. The molecule has 0 radical (unpaired) electrons. The number of thiophene rings is 1. The van der Waals surface area contributed by atoms with Gasteiger partial charge in [0.2, 0.25) is 5.91 Å². The summed E-state index contributed by atoms with van der Waals surface area (Å²) in [6.45, 7) is 4.37. The second-order valence-electron chi connectivity index (χ2n) is 6.30. The average Bonchev–Trinajstić information content (AvgIpc) is 3.13. The molecule has 1 amide bonds. The minimum absolute atomic E-state index is 0.0981. The number of carbonyl (C=O) groups is 1. The Morgan fingerprint density at radius 1 is 1.19 bits per heavy atom. The summed E-state index contributed by atoms with van der Waals surface area (Å²) in [6, 6.07) is 11.8. The van der Waals surface area contributed by atoms with Crippen LogP contribution < -0.4 is 10.9 Å². The molecule has 132 valence electrons. The van der Waals surface area contributed by atoms with Crippen molar-refractivity contribution in [3.05, 3.63) is 69.1 Å². The van der Waals surface area contributed by atoms with Crippen LogP contribution in [0, 0.1) is 13.8 Å². The molecule has 3 aromatic heterocycles. The number of nitrogens with zero attached hydrogens (tertiary/aromatic N) is 3. The van der Waals surface area contributed by atoms with E-state index in [0.717, 1.165) is 21.3 Å². The van der Waals surface area contributed by atoms with Gasteiger partial charge in [-0.15, -0.1) is 11.3 Å². The monoisotopic (exact) mass is 366 g/mol. The van der Waals surface area contributed by atoms with Gasteiger partial charge in [-0.1, -0.05) is 24.3 Å². The molecule has 7 heteroatoms. The van der Waals surface area contributed by atoms with E-state index in [0.29, 0.717) is 12.1 Å². The first-order valence-corrected chi connectivity index (χ1v) is 9.13. The van der Waals surface area contributed by atoms with Crippen LogP contribution in [-0.2, 0) is 17.9 Å². The normalized spacial score (nSPS) is 11.3. The van der Waals surface area contributed by atoms with Crippen LogP contribution in [0.5, 0.6) is 0 Å². The van der Waals surface area contributed by atoms with Crippen molar-refractivity contribution < 1.29 is 4.79 Å². The zero-order valence-electron chi connectivity index (χ0n) is 14.5. The van der Waals surface area contributed by atoms with Crippen molar-refractivity contribution >= 4 is 33.0 Å². The second-order valence-corrected chi connectivity index (χ2v) is 7.59. The Hall–Kier alpha value is -2.93. The Labute approximate surface area is 153 Å². The van der Waals surface area contributed by atoms with Crippen molar-refractivity contribution in [3.8, 4) is 0 Å². The quantitative estimate of drug-likeness (QED) is 0.604. The van der Waals surface area contributed by atoms with Gasteiger partial charge >= 0.3 is 0 Å². The maximum absolute atomic E-state index is 12.6. The first-order chi connectivity index (χ1) is 12.5. The van der Waals surface area contributed by atoms with Gasteiger partial charge in [-0.05, 0) is 37.1 Å². The Morgan fingerprint density at radius 3 is 2.81 bits per heavy atom. The molecule has 0 unspecified atom stereocenters. The molecule has 1 N–H and O–H groups in total. The van der Waals surface area contributed by atoms with Gasteiger partial charge < -0.3 is 5.32 Å². The zero-order valence-corrected chi connectivity index (χ0v) is 15.3. The van der Waals surface area contributed by atoms with Crippen molar-refractivity contribution in [3.63, 3.8) is 0 Å². The molecule has 4 rings (SSSR count). The van der Waals surface area contributed by atoms with E-state index in [1.807, 2.05) is 50.2 Å². The van der Waals surface area contributed by atoms with Crippen molar-refractivity contribution in [2.45, 2.75) is 26.9 Å². The number of benzene rings is 1. The first kappa shape index (κ1) is 16.5. The summed E-state index contributed by atoms with van der Waals surface area (Å²) in [6.07, 6.45) is 1.60. The standard InChI is InChI=1S/C19H18N4O2S/c1-12-5-3-4-6-14(12)9-20-18(24)10-23-19(25)16-8-17-15(7-13(2)26-17)22(16)11-21-23/h3-8,11H,9-10H2,1-2H3,(H,20,24). The highest BCUT2D eigenvalue weighted by atomic mass is 32.1. The summed E-state index contributed by atoms with van der Waals surface area (Å²) in [5.41, 5.74) is 3.42. The van der Waals surface area contributed by atoms with Gasteiger partial charge in [0.05, 0.1) is 10.2 Å². The first-order valence-electron chi connectivity index (χ1n) is 8.31. The Morgan fingerprint density at radius 2 is 2.00 bits per heavy atom. The maximum atomic E-state index is 12.6. The zero-order chi connectivity index (χ0) is 18.3. The van der Waals surface area contributed by atoms with E-state index >= 15 is 0 Å². The molecule has 0 aliphatic rings. The third-order valence-electron chi connectivity index (χ3n) is 4.44. The molecule has 0 fully saturated rings. The topological polar surface area (TPSA) is 68.4 Å². The van der Waals surface area contributed by atoms with Gasteiger partial charge in [0.15, 0.2) is 0 Å². The number of carbonyl (C=O) groups excluding carboxylic acids is 1. The van der Waals surface area contributed by atoms with Crippen LogP contribution in [-0.4, -0.2) is 20.1 Å². The van der Waals surface area contributed by atoms with Crippen LogP contribution >= 0.6 is 11.3 Å². The van der Waals surface area contributed by atoms with Gasteiger partial charge in [0.1, 0.15) is 18.4 Å². The van der Waals surface area contributed by atoms with Crippen LogP contribution in [0.25, 0.3) is 15.7 Å². The fourth-order valence-electron chi connectivity index (χ4n) is 3.03. The molecule has 0 bridgehead atoms. The van der Waals surface area contributed by atoms with E-state index < -0.39 is 0 Å². The lowest BCUT2D eigenvalue weighted by Gasteiger charge is -2.09. The molecule has 4 aromatic rings. The van der Waals surface area contributed by atoms with E-state index in [1.54, 1.807) is 22.1 Å². The lowest BCUT2D eigenvalue weighted by Crippen LogP contribution is -2.34. The lowest BCUT2D eigenvalue weighted by molar-refractivity contribution is -0.122. The Balaban J connectivity index is 1.55. The largest absolute Gasteiger partial charge is 0.350 e. The maximum Gasteiger partial charge on any atom is 0.291 e. The number of hydrogen-bond acceptors (Lipinski definition) is 4. The Bertz CT molecular complexity index is 1190. The summed E-state index contributed by atoms with van der Waals surface area (Å²) in [5, 5.41) is 7.01. The molecule has 26 heavy (non-hydrogen) atoms. The molecule has 1 aromatic carbocycles. The molecular formula is C19H18N4O2S. The number of aryl methyl sites for hydroxylation is 2. The summed E-state index contributed by atoms with van der Waals surface area (Å²) in [5.74, 6) is -0.239. The third-order valence-corrected chi connectivity index (χ3v) is 5.43. The van der Waals surface area contributed by atoms with E-state index in [2.05, 4.69) is 10.4 Å². The summed E-state index contributed by atoms with van der Waals surface area (Å²) in [4.78, 5) is 26.1. The molecule has 3 heterocycles. The van der Waals surface area contributed by atoms with Crippen molar-refractivity contribution in [1.29, 1.82) is 0 Å². The summed E-state index contributed by atoms with van der Waals surface area (Å²) >= 11 is 1.64. The number of hydrogen-bond donors (Lipinski definition) is 1. The fraction of sp³-hybridized carbons (Fsp3) is 0.211. The highest BCUT2D eigenvalue weighted by molar-refractivity contribution is 7.19. The van der Waals surface area contributed by atoms with Crippen LogP contribution in [0.2, 0.25) is 0 Å². The fourth-order valence-corrected chi connectivity index (χ4v) is 3.98. The minimum Gasteiger partial charge on any atom is -0.350 e. The summed E-state index contributed by atoms with van der Waals surface area (Å²) < 4.78 is 4.03. The second kappa shape index (κ2) is 6.42. The molecule has 0 saturated carbocycles. The number of rotatable bonds is 4. The molecule has 0 aliphatic heterocycles. The van der Waals surface area contributed by atoms with Crippen molar-refractivity contribution in [1.82, 2.24) is 19.5 Å². The van der Waals surface area contributed by atoms with Gasteiger partial charge in [0, 0.05) is 11.4 Å². The molecular weight excluding hydrogens is 348 g/mol. The molecule has 0 saturated heterocycles. The molecule has 0 atom stereocenters. The smallest absolute Gasteiger partial charge is 0.291 e. The predicted octanol–water partition coefficient (Wildman–Crippen LogP) is 2.64. The highest BCUT2D eigenvalue weighted by Crippen LogP contribution is 2.26. The van der Waals surface area contributed by atoms with Gasteiger partial charge in [-0.3, -0.25) is 14.0 Å². The highest BCUT2D eigenvalue weighted by Gasteiger charge is 2.13. The number of fused-ring (bicyclic) bond motifs is 3. The SMILES string of the molecule is Cc1cc2c(cc3c(=O)n(CC(=O)NCc4ccccc4C)ncn32)s1. The third kappa shape index (κ3) is 2.90. The van der Waals surface area contributed by atoms with Gasteiger partial charge in [-0.25, -0.2) is 4.68 Å². The predicted molar refractivity (Wildman–Crippen MR) is 103 cm³/mol. The van der Waals surface area contributed by atoms with Crippen molar-refractivity contribution in [2.75, 3.05) is 0 Å². The van der Waals surface area contributed by atoms with Gasteiger partial charge in [0.25, 0.3) is 5.56 Å². The van der Waals surface area contributed by atoms with E-state index in [1.165, 1.54) is 9.56 Å². The van der Waals surface area contributed by atoms with E-state index in [4.69, 9.17) is 0 Å². The number of aromatic nitrogens is 3. The number of amides is 1. The van der Waals surface area contributed by atoms with Crippen LogP contribution in [0.1, 0.15) is 16.0 Å². The van der Waals surface area contributed by atoms with Gasteiger partial charge in [-0.2, -0.15) is 5.10 Å². The summed E-state index contributed by atoms with van der Waals surface area (Å²) in [7, 11) is 0. The average molecular weight is 366 g/mol. The Kier molecular flexibility index (Phi) is 4.08. The molecule has 0 spiro atoms. The van der Waals surface area contributed by atoms with Crippen LogP contribution in [0.15, 0.2) is 47.5 Å². The minimum atomic E-state index is -0.264. The van der Waals surface area contributed by atoms with E-state index in [-0.39, 0.29) is 18.0 Å². The van der Waals surface area contributed by atoms with E-state index in [9.17, 15) is 9.59 Å². The van der Waals surface area contributed by atoms with Crippen molar-refractivity contribution in [2.24, 2.45) is 0 Å². The number of nitrogens with one attached hydrogen (secondary N) is 1. The lowest BCUT2D eigenvalue weighted by atomic mass is 10.1. The van der Waals surface area contributed by atoms with Crippen LogP contribution in [0.3, 0.4) is 0 Å². The molecule has 0 aliphatic carbocycles. The van der Waals surface area contributed by atoms with Crippen LogP contribution in [0.4, 0.5) is 0 Å².